The monoisotopic (exact) mass is 473 g/mol. The van der Waals surface area contributed by atoms with Crippen LogP contribution in [-0.2, 0) is 9.59 Å². The molecule has 1 aliphatic rings. The largest absolute Gasteiger partial charge is 0.478 e. The molecular formula is C26H23N3O4S. The number of aromatic carboxylic acids is 1. The molecular weight excluding hydrogens is 450 g/mol. The van der Waals surface area contributed by atoms with Crippen LogP contribution >= 0.6 is 12.2 Å². The summed E-state index contributed by atoms with van der Waals surface area (Å²) >= 11 is 5.30. The first-order valence-electron chi connectivity index (χ1n) is 10.6. The zero-order valence-electron chi connectivity index (χ0n) is 19.2. The van der Waals surface area contributed by atoms with E-state index < -0.39 is 17.8 Å². The molecule has 1 saturated heterocycles. The van der Waals surface area contributed by atoms with Gasteiger partial charge in [0.25, 0.3) is 11.8 Å². The Kier molecular flexibility index (Phi) is 5.93. The van der Waals surface area contributed by atoms with Crippen molar-refractivity contribution in [1.82, 2.24) is 9.88 Å². The quantitative estimate of drug-likeness (QED) is 0.336. The van der Waals surface area contributed by atoms with Crippen molar-refractivity contribution < 1.29 is 19.5 Å². The molecule has 1 aliphatic heterocycles. The molecule has 34 heavy (non-hydrogen) atoms. The summed E-state index contributed by atoms with van der Waals surface area (Å²) in [7, 11) is 0. The van der Waals surface area contributed by atoms with E-state index in [0.29, 0.717) is 16.8 Å². The van der Waals surface area contributed by atoms with E-state index in [2.05, 4.69) is 5.32 Å². The van der Waals surface area contributed by atoms with Gasteiger partial charge >= 0.3 is 5.97 Å². The highest BCUT2D eigenvalue weighted by Crippen LogP contribution is 2.29. The summed E-state index contributed by atoms with van der Waals surface area (Å²) in [5, 5.41) is 12.1. The second kappa shape index (κ2) is 8.72. The van der Waals surface area contributed by atoms with E-state index >= 15 is 0 Å². The minimum Gasteiger partial charge on any atom is -0.478 e. The number of amides is 2. The highest BCUT2D eigenvalue weighted by atomic mass is 32.1. The molecule has 0 atom stereocenters. The third kappa shape index (κ3) is 3.82. The van der Waals surface area contributed by atoms with Crippen LogP contribution in [0.25, 0.3) is 11.8 Å². The fourth-order valence-electron chi connectivity index (χ4n) is 4.25. The van der Waals surface area contributed by atoms with Gasteiger partial charge in [0.05, 0.1) is 11.3 Å². The van der Waals surface area contributed by atoms with E-state index in [9.17, 15) is 19.5 Å². The number of benzene rings is 2. The third-order valence-corrected chi connectivity index (χ3v) is 6.29. The van der Waals surface area contributed by atoms with Crippen LogP contribution in [0.1, 0.15) is 38.4 Å². The molecule has 172 valence electrons. The number of hydrogen-bond donors (Lipinski definition) is 2. The van der Waals surface area contributed by atoms with Gasteiger partial charge in [-0.15, -0.1) is 0 Å². The van der Waals surface area contributed by atoms with Crippen molar-refractivity contribution in [2.45, 2.75) is 27.7 Å². The van der Waals surface area contributed by atoms with Gasteiger partial charge in [0, 0.05) is 17.1 Å². The highest BCUT2D eigenvalue weighted by molar-refractivity contribution is 7.80. The molecule has 2 amide bonds. The van der Waals surface area contributed by atoms with Gasteiger partial charge in [-0.3, -0.25) is 19.8 Å². The number of carboxylic acid groups (broad SMARTS) is 1. The Morgan fingerprint density at radius 3 is 2.35 bits per heavy atom. The average molecular weight is 474 g/mol. The van der Waals surface area contributed by atoms with Crippen molar-refractivity contribution in [1.29, 1.82) is 0 Å². The maximum atomic E-state index is 13.4. The van der Waals surface area contributed by atoms with Crippen molar-refractivity contribution in [3.8, 4) is 5.69 Å². The van der Waals surface area contributed by atoms with Gasteiger partial charge in [0.2, 0.25) is 0 Å². The first-order valence-corrected chi connectivity index (χ1v) is 11.0. The van der Waals surface area contributed by atoms with Crippen LogP contribution in [0.4, 0.5) is 5.69 Å². The molecule has 0 radical (unpaired) electrons. The van der Waals surface area contributed by atoms with E-state index in [-0.39, 0.29) is 16.2 Å². The van der Waals surface area contributed by atoms with E-state index in [1.165, 1.54) is 4.90 Å². The van der Waals surface area contributed by atoms with Crippen LogP contribution in [0.3, 0.4) is 0 Å². The number of aryl methyl sites for hydroxylation is 2. The number of anilines is 1. The van der Waals surface area contributed by atoms with Gasteiger partial charge in [-0.05, 0) is 86.9 Å². The van der Waals surface area contributed by atoms with Gasteiger partial charge < -0.3 is 9.67 Å². The summed E-state index contributed by atoms with van der Waals surface area (Å²) in [6.45, 7) is 7.38. The fraction of sp³-hybridized carbons (Fsp3) is 0.154. The smallest absolute Gasteiger partial charge is 0.336 e. The zero-order chi connectivity index (χ0) is 24.7. The Morgan fingerprint density at radius 2 is 1.68 bits per heavy atom. The number of rotatable bonds is 4. The molecule has 2 aromatic carbocycles. The van der Waals surface area contributed by atoms with Gasteiger partial charge in [-0.25, -0.2) is 4.79 Å². The molecule has 0 unspecified atom stereocenters. The lowest BCUT2D eigenvalue weighted by Crippen LogP contribution is -2.54. The zero-order valence-corrected chi connectivity index (χ0v) is 20.0. The SMILES string of the molecule is Cc1ccccc1N1C(=O)/C(=C/c2cc(C)n(-c3cccc(C(=O)O)c3C)c2C)C(=O)NC1=S. The van der Waals surface area contributed by atoms with Gasteiger partial charge in [-0.2, -0.15) is 0 Å². The molecule has 1 fully saturated rings. The summed E-state index contributed by atoms with van der Waals surface area (Å²) < 4.78 is 1.92. The Bertz CT molecular complexity index is 1420. The fourth-order valence-corrected chi connectivity index (χ4v) is 4.52. The number of carbonyl (C=O) groups is 3. The predicted molar refractivity (Wildman–Crippen MR) is 134 cm³/mol. The van der Waals surface area contributed by atoms with Gasteiger partial charge in [0.1, 0.15) is 5.57 Å². The summed E-state index contributed by atoms with van der Waals surface area (Å²) in [4.78, 5) is 39.1. The minimum atomic E-state index is -0.999. The van der Waals surface area contributed by atoms with Crippen LogP contribution in [-0.4, -0.2) is 32.6 Å². The van der Waals surface area contributed by atoms with Crippen molar-refractivity contribution >= 4 is 46.9 Å². The molecule has 8 heteroatoms. The highest BCUT2D eigenvalue weighted by Gasteiger charge is 2.35. The first-order chi connectivity index (χ1) is 16.1. The number of hydrogen-bond acceptors (Lipinski definition) is 4. The lowest BCUT2D eigenvalue weighted by molar-refractivity contribution is -0.122. The molecule has 4 rings (SSSR count). The normalized spacial score (nSPS) is 15.1. The maximum Gasteiger partial charge on any atom is 0.336 e. The van der Waals surface area contributed by atoms with Crippen LogP contribution in [0.2, 0.25) is 0 Å². The van der Waals surface area contributed by atoms with Crippen molar-refractivity contribution in [3.63, 3.8) is 0 Å². The van der Waals surface area contributed by atoms with Crippen LogP contribution in [0, 0.1) is 27.7 Å². The van der Waals surface area contributed by atoms with E-state index in [1.807, 2.05) is 49.6 Å². The van der Waals surface area contributed by atoms with E-state index in [0.717, 1.165) is 22.6 Å². The molecule has 3 aromatic rings. The number of nitrogens with one attached hydrogen (secondary N) is 1. The molecule has 0 spiro atoms. The number of carboxylic acids is 1. The second-order valence-corrected chi connectivity index (χ2v) is 8.55. The average Bonchev–Trinajstić information content (AvgIpc) is 3.05. The number of thiocarbonyl (C=S) groups is 1. The minimum absolute atomic E-state index is 0.0342. The van der Waals surface area contributed by atoms with Crippen molar-refractivity contribution in [2.24, 2.45) is 0 Å². The molecule has 7 nitrogen and oxygen atoms in total. The lowest BCUT2D eigenvalue weighted by atomic mass is 10.1. The number of para-hydroxylation sites is 1. The topological polar surface area (TPSA) is 91.6 Å². The van der Waals surface area contributed by atoms with Crippen molar-refractivity contribution in [3.05, 3.63) is 87.7 Å². The molecule has 0 bridgehead atoms. The summed E-state index contributed by atoms with van der Waals surface area (Å²) in [5.74, 6) is -2.06. The third-order valence-electron chi connectivity index (χ3n) is 6.00. The Morgan fingerprint density at radius 1 is 1.00 bits per heavy atom. The number of carbonyl (C=O) groups excluding carboxylic acids is 2. The Balaban J connectivity index is 1.81. The molecule has 0 saturated carbocycles. The maximum absolute atomic E-state index is 13.4. The molecule has 1 aromatic heterocycles. The Hall–Kier alpha value is -4.04. The summed E-state index contributed by atoms with van der Waals surface area (Å²) in [5.41, 5.74) is 5.27. The van der Waals surface area contributed by atoms with Gasteiger partial charge in [0.15, 0.2) is 5.11 Å². The second-order valence-electron chi connectivity index (χ2n) is 8.16. The van der Waals surface area contributed by atoms with E-state index in [1.54, 1.807) is 37.3 Å². The molecule has 2 N–H and O–H groups in total. The van der Waals surface area contributed by atoms with Crippen LogP contribution < -0.4 is 10.2 Å². The van der Waals surface area contributed by atoms with Crippen LogP contribution in [0.5, 0.6) is 0 Å². The molecule has 2 heterocycles. The first kappa shape index (κ1) is 23.1. The predicted octanol–water partition coefficient (Wildman–Crippen LogP) is 4.24. The number of aromatic nitrogens is 1. The number of nitrogens with zero attached hydrogens (tertiary/aromatic N) is 2. The standard InChI is InChI=1S/C26H23N3O4S/c1-14-8-5-6-10-21(14)29-24(31)20(23(30)27-26(29)34)13-18-12-15(2)28(17(18)4)22-11-7-9-19(16(22)3)25(32)33/h5-13H,1-4H3,(H,32,33)(H,27,30,34)/b20-13+. The van der Waals surface area contributed by atoms with Gasteiger partial charge in [-0.1, -0.05) is 24.3 Å². The summed E-state index contributed by atoms with van der Waals surface area (Å²) in [6, 6.07) is 14.3. The Labute approximate surface area is 202 Å². The lowest BCUT2D eigenvalue weighted by Gasteiger charge is -2.30. The summed E-state index contributed by atoms with van der Waals surface area (Å²) in [6.07, 6.45) is 1.56. The molecule has 0 aliphatic carbocycles. The van der Waals surface area contributed by atoms with Crippen molar-refractivity contribution in [2.75, 3.05) is 4.90 Å². The van der Waals surface area contributed by atoms with E-state index in [4.69, 9.17) is 12.2 Å². The van der Waals surface area contributed by atoms with Crippen LogP contribution in [0.15, 0.2) is 54.1 Å².